The Hall–Kier alpha value is -5.16. The third-order valence-electron chi connectivity index (χ3n) is 9.26. The second kappa shape index (κ2) is 21.2. The van der Waals surface area contributed by atoms with Crippen molar-refractivity contribution in [2.75, 3.05) is 102 Å². The van der Waals surface area contributed by atoms with Gasteiger partial charge < -0.3 is 60.2 Å². The minimum atomic E-state index is -0.544. The number of β-amino-alcohol motifs (C(OH)–C–C–N with tert-alkyl or cyclic N) is 2. The van der Waals surface area contributed by atoms with Crippen molar-refractivity contribution < 1.29 is 29.2 Å². The Morgan fingerprint density at radius 2 is 0.982 bits per heavy atom. The van der Waals surface area contributed by atoms with Crippen LogP contribution < -0.4 is 40.2 Å². The van der Waals surface area contributed by atoms with Gasteiger partial charge in [-0.15, -0.1) is 0 Å². The molecule has 56 heavy (non-hydrogen) atoms. The highest BCUT2D eigenvalue weighted by Gasteiger charge is 2.19. The van der Waals surface area contributed by atoms with E-state index in [4.69, 9.17) is 18.9 Å². The van der Waals surface area contributed by atoms with E-state index in [1.54, 1.807) is 14.2 Å². The van der Waals surface area contributed by atoms with Crippen LogP contribution in [0.15, 0.2) is 48.5 Å². The Balaban J connectivity index is 0.000000214. The molecule has 0 bridgehead atoms. The Morgan fingerprint density at radius 3 is 1.34 bits per heavy atom. The van der Waals surface area contributed by atoms with Crippen LogP contribution in [0.25, 0.3) is 0 Å². The third kappa shape index (κ3) is 13.0. The lowest BCUT2D eigenvalue weighted by Crippen LogP contribution is -2.33. The summed E-state index contributed by atoms with van der Waals surface area (Å²) in [6, 6.07) is 14.8. The summed E-state index contributed by atoms with van der Waals surface area (Å²) in [5, 5.41) is 33.0. The van der Waals surface area contributed by atoms with E-state index in [9.17, 15) is 10.2 Å². The molecule has 2 aliphatic rings. The van der Waals surface area contributed by atoms with Gasteiger partial charge in [-0.05, 0) is 90.0 Å². The average molecular weight is 775 g/mol. The standard InChI is InChI=1S/2C20H29N5O3/c2*1-14-10-19(21-2)24-20(22-14)23-15-6-7-17(27-3)18(11-15)28-13-16(26)12-25-8-4-5-9-25/h2*6-7,10-11,16,26H,4-5,8-9,12-13H2,1-3H3,(H2,21,22,23,24)/t2*16-/m10/s1. The van der Waals surface area contributed by atoms with Crippen molar-refractivity contribution in [1.82, 2.24) is 29.7 Å². The number of likely N-dealkylation sites (tertiary alicyclic amines) is 2. The third-order valence-corrected chi connectivity index (χ3v) is 9.26. The number of ether oxygens (including phenoxy) is 4. The molecule has 0 spiro atoms. The fraction of sp³-hybridized carbons (Fsp3) is 0.500. The first-order chi connectivity index (χ1) is 27.1. The molecule has 2 fully saturated rings. The fourth-order valence-electron chi connectivity index (χ4n) is 6.50. The molecule has 2 aromatic carbocycles. The maximum atomic E-state index is 10.3. The van der Waals surface area contributed by atoms with Gasteiger partial charge in [0.2, 0.25) is 11.9 Å². The Labute approximate surface area is 330 Å². The number of aryl methyl sites for hydroxylation is 2. The Bertz CT molecular complexity index is 1690. The van der Waals surface area contributed by atoms with E-state index in [1.165, 1.54) is 25.7 Å². The van der Waals surface area contributed by atoms with Gasteiger partial charge in [0, 0.05) is 74.2 Å². The molecule has 304 valence electrons. The molecule has 0 radical (unpaired) electrons. The van der Waals surface area contributed by atoms with Gasteiger partial charge in [0.1, 0.15) is 37.1 Å². The SMILES string of the molecule is CNc1cc(C)nc(Nc2ccc(OC)c(OC[C@@H](O)CN3CCCC3)c2)n1.CNc1cc(C)nc(Nc2ccc(OC)c(OC[C@H](O)CN3CCCC3)c2)n1. The van der Waals surface area contributed by atoms with E-state index in [-0.39, 0.29) is 13.2 Å². The summed E-state index contributed by atoms with van der Waals surface area (Å²) in [4.78, 5) is 22.1. The number of hydrogen-bond acceptors (Lipinski definition) is 16. The van der Waals surface area contributed by atoms with Gasteiger partial charge in [0.05, 0.1) is 14.2 Å². The van der Waals surface area contributed by atoms with Gasteiger partial charge in [0.15, 0.2) is 23.0 Å². The molecule has 0 saturated carbocycles. The number of aliphatic hydroxyl groups excluding tert-OH is 2. The molecule has 6 N–H and O–H groups in total. The van der Waals surface area contributed by atoms with Crippen molar-refractivity contribution >= 4 is 34.9 Å². The van der Waals surface area contributed by atoms with E-state index < -0.39 is 12.2 Å². The number of nitrogens with one attached hydrogen (secondary N) is 4. The lowest BCUT2D eigenvalue weighted by molar-refractivity contribution is 0.0746. The van der Waals surface area contributed by atoms with E-state index in [0.29, 0.717) is 48.0 Å². The molecule has 2 aliphatic heterocycles. The highest BCUT2D eigenvalue weighted by atomic mass is 16.5. The molecular weight excluding hydrogens is 717 g/mol. The minimum absolute atomic E-state index is 0.209. The van der Waals surface area contributed by atoms with Crippen molar-refractivity contribution in [3.8, 4) is 23.0 Å². The summed E-state index contributed by atoms with van der Waals surface area (Å²) < 4.78 is 22.5. The normalized spacial score (nSPS) is 15.3. The number of aliphatic hydroxyl groups is 2. The molecule has 0 unspecified atom stereocenters. The quantitative estimate of drug-likeness (QED) is 0.0808. The molecule has 4 aromatic rings. The highest BCUT2D eigenvalue weighted by Crippen LogP contribution is 2.33. The summed E-state index contributed by atoms with van der Waals surface area (Å²) >= 11 is 0. The van der Waals surface area contributed by atoms with Crippen LogP contribution in [-0.2, 0) is 0 Å². The van der Waals surface area contributed by atoms with Gasteiger partial charge in [-0.2, -0.15) is 9.97 Å². The van der Waals surface area contributed by atoms with Gasteiger partial charge in [-0.1, -0.05) is 0 Å². The molecule has 2 saturated heterocycles. The zero-order chi connectivity index (χ0) is 39.9. The van der Waals surface area contributed by atoms with Crippen LogP contribution in [0.3, 0.4) is 0 Å². The Morgan fingerprint density at radius 1 is 0.589 bits per heavy atom. The number of aromatic nitrogens is 4. The lowest BCUT2D eigenvalue weighted by atomic mass is 10.2. The fourth-order valence-corrected chi connectivity index (χ4v) is 6.50. The second-order valence-corrected chi connectivity index (χ2v) is 13.9. The summed E-state index contributed by atoms with van der Waals surface area (Å²) in [5.74, 6) is 4.82. The molecule has 6 rings (SSSR count). The van der Waals surface area contributed by atoms with E-state index >= 15 is 0 Å². The topological polar surface area (TPSA) is 184 Å². The number of benzene rings is 2. The summed E-state index contributed by atoms with van der Waals surface area (Å²) in [6.45, 7) is 9.69. The van der Waals surface area contributed by atoms with E-state index in [2.05, 4.69) is 51.0 Å². The van der Waals surface area contributed by atoms with Gasteiger partial charge >= 0.3 is 0 Å². The lowest BCUT2D eigenvalue weighted by Gasteiger charge is -2.20. The van der Waals surface area contributed by atoms with Gasteiger partial charge in [0.25, 0.3) is 0 Å². The highest BCUT2D eigenvalue weighted by molar-refractivity contribution is 5.62. The van der Waals surface area contributed by atoms with Crippen molar-refractivity contribution in [3.63, 3.8) is 0 Å². The molecule has 16 nitrogen and oxygen atoms in total. The Kier molecular flexibility index (Phi) is 15.9. The summed E-state index contributed by atoms with van der Waals surface area (Å²) in [5.41, 5.74) is 3.27. The van der Waals surface area contributed by atoms with Crippen molar-refractivity contribution in [2.45, 2.75) is 51.7 Å². The molecule has 4 heterocycles. The molecule has 2 aromatic heterocycles. The predicted molar refractivity (Wildman–Crippen MR) is 220 cm³/mol. The van der Waals surface area contributed by atoms with Crippen molar-refractivity contribution in [2.24, 2.45) is 0 Å². The first-order valence-electron chi connectivity index (χ1n) is 19.2. The average Bonchev–Trinajstić information content (AvgIpc) is 3.91. The van der Waals surface area contributed by atoms with Gasteiger partial charge in [-0.3, -0.25) is 0 Å². The molecule has 0 amide bonds. The molecular formula is C40H58N10O6. The second-order valence-electron chi connectivity index (χ2n) is 13.9. The van der Waals surface area contributed by atoms with E-state index in [0.717, 1.165) is 60.6 Å². The van der Waals surface area contributed by atoms with Crippen LogP contribution in [0.5, 0.6) is 23.0 Å². The van der Waals surface area contributed by atoms with E-state index in [1.807, 2.05) is 76.5 Å². The maximum Gasteiger partial charge on any atom is 0.229 e. The summed E-state index contributed by atoms with van der Waals surface area (Å²) in [6.07, 6.45) is 3.71. The first-order valence-corrected chi connectivity index (χ1v) is 19.2. The molecule has 0 aliphatic carbocycles. The van der Waals surface area contributed by atoms with Crippen LogP contribution >= 0.6 is 0 Å². The zero-order valence-electron chi connectivity index (χ0n) is 33.5. The van der Waals surface area contributed by atoms with Crippen LogP contribution in [0, 0.1) is 13.8 Å². The van der Waals surface area contributed by atoms with Crippen molar-refractivity contribution in [3.05, 3.63) is 59.9 Å². The van der Waals surface area contributed by atoms with Crippen LogP contribution in [-0.4, -0.2) is 133 Å². The zero-order valence-corrected chi connectivity index (χ0v) is 33.5. The largest absolute Gasteiger partial charge is 0.493 e. The molecule has 16 heteroatoms. The first kappa shape index (κ1) is 42.0. The predicted octanol–water partition coefficient (Wildman–Crippen LogP) is 4.83. The number of nitrogens with zero attached hydrogens (tertiary/aromatic N) is 6. The monoisotopic (exact) mass is 774 g/mol. The number of anilines is 6. The number of methoxy groups -OCH3 is 2. The van der Waals surface area contributed by atoms with Gasteiger partial charge in [-0.25, -0.2) is 9.97 Å². The van der Waals surface area contributed by atoms with Crippen LogP contribution in [0.1, 0.15) is 37.1 Å². The van der Waals surface area contributed by atoms with Crippen molar-refractivity contribution in [1.29, 1.82) is 0 Å². The smallest absolute Gasteiger partial charge is 0.229 e. The number of rotatable bonds is 18. The summed E-state index contributed by atoms with van der Waals surface area (Å²) in [7, 11) is 6.83. The van der Waals surface area contributed by atoms with Crippen LogP contribution in [0.4, 0.5) is 34.9 Å². The molecule has 2 atom stereocenters. The maximum absolute atomic E-state index is 10.3. The number of hydrogen-bond donors (Lipinski definition) is 6. The van der Waals surface area contributed by atoms with Crippen LogP contribution in [0.2, 0.25) is 0 Å². The minimum Gasteiger partial charge on any atom is -0.493 e.